The van der Waals surface area contributed by atoms with E-state index < -0.39 is 6.85 Å². The van der Waals surface area contributed by atoms with Gasteiger partial charge in [-0.15, -0.1) is 30.3 Å². The molecule has 1 aliphatic carbocycles. The zero-order valence-electron chi connectivity index (χ0n) is 37.6. The van der Waals surface area contributed by atoms with Crippen LogP contribution >= 0.6 is 0 Å². The summed E-state index contributed by atoms with van der Waals surface area (Å²) in [5.74, 6) is 1.73. The van der Waals surface area contributed by atoms with Crippen molar-refractivity contribution in [2.75, 3.05) is 0 Å². The molecule has 0 amide bonds. The van der Waals surface area contributed by atoms with Crippen LogP contribution in [0.2, 0.25) is 0 Å². The summed E-state index contributed by atoms with van der Waals surface area (Å²) in [6.45, 7) is 18.3. The minimum Gasteiger partial charge on any atom is -0.503 e. The second-order valence-electron chi connectivity index (χ2n) is 18.3. The second-order valence-corrected chi connectivity index (χ2v) is 18.3. The van der Waals surface area contributed by atoms with Crippen molar-refractivity contribution in [2.45, 2.75) is 104 Å². The molecule has 0 bridgehead atoms. The fraction of sp³-hybridized carbons (Fsp3) is 0.308. The molecular weight excluding hydrogens is 892 g/mol. The van der Waals surface area contributed by atoms with Crippen LogP contribution in [-0.2, 0) is 37.3 Å². The molecule has 0 saturated heterocycles. The monoisotopic (exact) mass is 944 g/mol. The Morgan fingerprint density at radius 3 is 2.26 bits per heavy atom. The largest absolute Gasteiger partial charge is 2.00 e. The Hall–Kier alpha value is -4.99. The van der Waals surface area contributed by atoms with Crippen molar-refractivity contribution in [3.05, 3.63) is 143 Å². The first-order valence-corrected chi connectivity index (χ1v) is 20.3. The van der Waals surface area contributed by atoms with Gasteiger partial charge in [0.25, 0.3) is 0 Å². The van der Waals surface area contributed by atoms with Crippen LogP contribution in [0.4, 0.5) is 0 Å². The second kappa shape index (κ2) is 13.3. The Bertz CT molecular complexity index is 3050. The van der Waals surface area contributed by atoms with Crippen LogP contribution in [-0.4, -0.2) is 19.2 Å². The number of rotatable bonds is 6. The summed E-state index contributed by atoms with van der Waals surface area (Å²) < 4.78 is 37.0. The quantitative estimate of drug-likeness (QED) is 0.123. The Morgan fingerprint density at radius 1 is 0.793 bits per heavy atom. The van der Waals surface area contributed by atoms with Gasteiger partial charge in [-0.05, 0) is 69.4 Å². The van der Waals surface area contributed by atoms with Crippen LogP contribution in [0.3, 0.4) is 0 Å². The SMILES string of the molecule is [2H]C([2H])([2H])c1ccc2c3c1c1ccc(Oc4[c-]c(-n5cc(-c6c(C(C)C)cccc6C(C)C)cn5)ccc4)[c-]c1c1nc4c(n13)C(C)(CC(C)(C)c1ccccc1-4)C2(C)C.[Pt+2]. The summed E-state index contributed by atoms with van der Waals surface area (Å²) in [6, 6.07) is 35.9. The standard InChI is InChI=1S/C52H50N4O.Pt/c1-30(2)37-18-14-19-38(31(3)4)45(37)33-27-53-55(28-33)34-15-13-16-35(25-34)57-36-22-23-39-41(26-36)49-54-46-40-17-11-12-20-42(40)50(6,7)29-52(10)48(46)56(49)47-43(51(52,8)9)24-21-32(5)44(39)47;/h11-24,27-28,30-31H,29H2,1-10H3;/q-2;+2/i5D3;. The smallest absolute Gasteiger partial charge is 0.503 e. The first kappa shape index (κ1) is 35.0. The molecular formula is C52H50N4OPt. The van der Waals surface area contributed by atoms with Gasteiger partial charge in [0.1, 0.15) is 0 Å². The van der Waals surface area contributed by atoms with Crippen LogP contribution in [0.1, 0.15) is 118 Å². The first-order valence-electron chi connectivity index (χ1n) is 21.8. The molecule has 0 radical (unpaired) electrons. The molecule has 5 aromatic carbocycles. The number of pyridine rings is 1. The molecule has 3 aromatic heterocycles. The molecule has 1 atom stereocenters. The van der Waals surface area contributed by atoms with E-state index >= 15 is 0 Å². The molecule has 8 aromatic rings. The summed E-state index contributed by atoms with van der Waals surface area (Å²) in [6.07, 6.45) is 4.89. The van der Waals surface area contributed by atoms with E-state index in [9.17, 15) is 0 Å². The molecule has 2 aliphatic rings. The molecule has 0 saturated carbocycles. The van der Waals surface area contributed by atoms with Gasteiger partial charge in [0.05, 0.1) is 17.5 Å². The molecule has 6 heteroatoms. The topological polar surface area (TPSA) is 44.3 Å². The van der Waals surface area contributed by atoms with Gasteiger partial charge < -0.3 is 9.14 Å². The van der Waals surface area contributed by atoms with Crippen molar-refractivity contribution in [3.8, 4) is 39.6 Å². The normalized spacial score (nSPS) is 18.6. The maximum Gasteiger partial charge on any atom is 2.00 e. The Labute approximate surface area is 361 Å². The molecule has 5 nitrogen and oxygen atoms in total. The van der Waals surface area contributed by atoms with Gasteiger partial charge in [-0.1, -0.05) is 139 Å². The number of hydrogen-bond acceptors (Lipinski definition) is 3. The maximum absolute atomic E-state index is 8.75. The summed E-state index contributed by atoms with van der Waals surface area (Å²) >= 11 is 0. The minimum absolute atomic E-state index is 0. The van der Waals surface area contributed by atoms with E-state index in [-0.39, 0.29) is 37.3 Å². The third kappa shape index (κ3) is 5.38. The predicted octanol–water partition coefficient (Wildman–Crippen LogP) is 13.3. The van der Waals surface area contributed by atoms with Crippen LogP contribution in [0.15, 0.2) is 97.3 Å². The van der Waals surface area contributed by atoms with Gasteiger partial charge in [-0.2, -0.15) is 11.2 Å². The summed E-state index contributed by atoms with van der Waals surface area (Å²) in [4.78, 5) is 5.56. The van der Waals surface area contributed by atoms with Crippen LogP contribution < -0.4 is 4.74 Å². The average Bonchev–Trinajstić information content (AvgIpc) is 3.85. The van der Waals surface area contributed by atoms with Crippen molar-refractivity contribution < 1.29 is 29.9 Å². The van der Waals surface area contributed by atoms with Crippen molar-refractivity contribution in [2.24, 2.45) is 0 Å². The fourth-order valence-corrected chi connectivity index (χ4v) is 10.4. The molecule has 4 heterocycles. The van der Waals surface area contributed by atoms with E-state index in [0.29, 0.717) is 39.7 Å². The van der Waals surface area contributed by atoms with Crippen LogP contribution in [0, 0.1) is 19.0 Å². The van der Waals surface area contributed by atoms with Gasteiger partial charge in [0.2, 0.25) is 0 Å². The van der Waals surface area contributed by atoms with E-state index in [1.54, 1.807) is 0 Å². The number of fused-ring (bicyclic) bond motifs is 5. The number of aromatic nitrogens is 4. The van der Waals surface area contributed by atoms with Gasteiger partial charge in [-0.25, -0.2) is 0 Å². The molecule has 0 spiro atoms. The summed E-state index contributed by atoms with van der Waals surface area (Å²) in [5, 5.41) is 7.02. The van der Waals surface area contributed by atoms with Gasteiger partial charge >= 0.3 is 21.1 Å². The predicted molar refractivity (Wildman–Crippen MR) is 233 cm³/mol. The third-order valence-corrected chi connectivity index (χ3v) is 13.4. The van der Waals surface area contributed by atoms with Gasteiger partial charge in [0, 0.05) is 55.0 Å². The zero-order chi connectivity index (χ0) is 42.3. The van der Waals surface area contributed by atoms with Gasteiger partial charge in [-0.3, -0.25) is 9.67 Å². The maximum atomic E-state index is 8.75. The molecule has 0 fully saturated rings. The van der Waals surface area contributed by atoms with Crippen molar-refractivity contribution in [3.63, 3.8) is 0 Å². The van der Waals surface area contributed by atoms with Gasteiger partial charge in [0.15, 0.2) is 0 Å². The molecule has 294 valence electrons. The molecule has 10 rings (SSSR count). The Morgan fingerprint density at radius 2 is 1.52 bits per heavy atom. The molecule has 0 N–H and O–H groups in total. The minimum atomic E-state index is -2.35. The number of ether oxygens (including phenoxy) is 1. The number of hydrogen-bond donors (Lipinski definition) is 0. The zero-order valence-corrected chi connectivity index (χ0v) is 36.9. The van der Waals surface area contributed by atoms with Crippen LogP contribution in [0.5, 0.6) is 11.5 Å². The van der Waals surface area contributed by atoms with Crippen molar-refractivity contribution in [1.29, 1.82) is 0 Å². The fourth-order valence-electron chi connectivity index (χ4n) is 10.4. The Kier molecular flexibility index (Phi) is 8.00. The Balaban J connectivity index is 0.00000476. The van der Waals surface area contributed by atoms with Crippen LogP contribution in [0.25, 0.3) is 55.4 Å². The number of benzene rings is 5. The number of aryl methyl sites for hydroxylation is 1. The summed E-state index contributed by atoms with van der Waals surface area (Å²) in [5.41, 5.74) is 12.4. The van der Waals surface area contributed by atoms with E-state index in [2.05, 4.69) is 134 Å². The number of imidazole rings is 1. The van der Waals surface area contributed by atoms with E-state index in [4.69, 9.17) is 18.9 Å². The van der Waals surface area contributed by atoms with Crippen molar-refractivity contribution in [1.82, 2.24) is 19.2 Å². The molecule has 58 heavy (non-hydrogen) atoms. The van der Waals surface area contributed by atoms with E-state index in [0.717, 1.165) is 56.7 Å². The molecule has 1 aliphatic heterocycles. The average molecular weight is 945 g/mol. The first-order chi connectivity index (χ1) is 28.4. The number of nitrogens with zero attached hydrogens (tertiary/aromatic N) is 4. The van der Waals surface area contributed by atoms with E-state index in [1.165, 1.54) is 22.3 Å². The summed E-state index contributed by atoms with van der Waals surface area (Å²) in [7, 11) is 0. The third-order valence-electron chi connectivity index (χ3n) is 13.4. The van der Waals surface area contributed by atoms with Crippen molar-refractivity contribution >= 4 is 27.3 Å². The molecule has 1 unspecified atom stereocenters. The van der Waals surface area contributed by atoms with E-state index in [1.807, 2.05) is 47.3 Å².